The molecule has 0 aromatic heterocycles. The molecular formula is C5H7F4O2S-. The summed E-state index contributed by atoms with van der Waals surface area (Å²) in [6.45, 7) is 0.614. The first kappa shape index (κ1) is 11.7. The highest BCUT2D eigenvalue weighted by molar-refractivity contribution is 7.94. The first-order valence-corrected chi connectivity index (χ1v) is 4.40. The Kier molecular flexibility index (Phi) is 2.78. The van der Waals surface area contributed by atoms with Crippen LogP contribution in [0.4, 0.5) is 17.6 Å². The van der Waals surface area contributed by atoms with Crippen LogP contribution in [0.25, 0.3) is 0 Å². The fourth-order valence-corrected chi connectivity index (χ4v) is 1.19. The van der Waals surface area contributed by atoms with Gasteiger partial charge in [-0.05, 0) is 0 Å². The summed E-state index contributed by atoms with van der Waals surface area (Å²) in [5, 5.41) is -5.03. The van der Waals surface area contributed by atoms with E-state index in [-0.39, 0.29) is 12.7 Å². The molecule has 74 valence electrons. The normalized spacial score (nSPS) is 14.8. The van der Waals surface area contributed by atoms with Gasteiger partial charge in [-0.25, -0.2) is 5.75 Å². The highest BCUT2D eigenvalue weighted by Gasteiger charge is 2.57. The fraction of sp³-hybridized carbons (Fsp3) is 0.800. The van der Waals surface area contributed by atoms with E-state index in [2.05, 4.69) is 0 Å². The fourth-order valence-electron chi connectivity index (χ4n) is 0.398. The topological polar surface area (TPSA) is 34.1 Å². The highest BCUT2D eigenvalue weighted by Crippen LogP contribution is 2.39. The zero-order valence-corrected chi connectivity index (χ0v) is 7.13. The van der Waals surface area contributed by atoms with Gasteiger partial charge in [0.15, 0.2) is 0 Å². The van der Waals surface area contributed by atoms with E-state index in [1.54, 1.807) is 0 Å². The summed E-state index contributed by atoms with van der Waals surface area (Å²) < 4.78 is 69.5. The molecule has 0 atom stereocenters. The Bertz CT molecular complexity index is 251. The number of halogens is 4. The molecule has 7 heteroatoms. The van der Waals surface area contributed by atoms with Crippen LogP contribution in [0.2, 0.25) is 0 Å². The molecule has 0 aliphatic heterocycles. The maximum atomic E-state index is 12.3. The van der Waals surface area contributed by atoms with Crippen molar-refractivity contribution in [3.05, 3.63) is 5.75 Å². The van der Waals surface area contributed by atoms with Gasteiger partial charge in [0.1, 0.15) is 0 Å². The van der Waals surface area contributed by atoms with Gasteiger partial charge in [-0.1, -0.05) is 0 Å². The van der Waals surface area contributed by atoms with Crippen molar-refractivity contribution in [2.75, 3.05) is 0 Å². The van der Waals surface area contributed by atoms with Crippen LogP contribution >= 0.6 is 0 Å². The summed E-state index contributed by atoms with van der Waals surface area (Å²) in [4.78, 5) is 0. The summed E-state index contributed by atoms with van der Waals surface area (Å²) in [5.74, 6) is -4.51. The van der Waals surface area contributed by atoms with Crippen LogP contribution in [0.5, 0.6) is 0 Å². The molecule has 0 N–H and O–H groups in total. The lowest BCUT2D eigenvalue weighted by atomic mass is 10.4. The van der Waals surface area contributed by atoms with Crippen LogP contribution in [-0.4, -0.2) is 19.6 Å². The number of hydrogen-bond donors (Lipinski definition) is 0. The number of sulfone groups is 1. The molecule has 0 aliphatic carbocycles. The molecule has 0 saturated heterocycles. The van der Waals surface area contributed by atoms with Crippen LogP contribution < -0.4 is 0 Å². The Morgan fingerprint density at radius 3 is 1.58 bits per heavy atom. The van der Waals surface area contributed by atoms with Crippen molar-refractivity contribution >= 4 is 9.84 Å². The van der Waals surface area contributed by atoms with Gasteiger partial charge in [0.2, 0.25) is 0 Å². The summed E-state index contributed by atoms with van der Waals surface area (Å²) in [6.07, 6.45) is 0. The van der Waals surface area contributed by atoms with Gasteiger partial charge in [-0.15, -0.1) is 0 Å². The third-order valence-electron chi connectivity index (χ3n) is 1.18. The number of hydrogen-bond acceptors (Lipinski definition) is 2. The molecule has 0 radical (unpaired) electrons. The Labute approximate surface area is 67.5 Å². The molecule has 0 unspecified atom stereocenters. The van der Waals surface area contributed by atoms with Gasteiger partial charge in [0.05, 0.1) is 9.84 Å². The van der Waals surface area contributed by atoms with E-state index in [1.807, 2.05) is 0 Å². The maximum Gasteiger partial charge on any atom is 0.380 e. The third kappa shape index (κ3) is 1.70. The molecule has 0 rings (SSSR count). The molecule has 0 aromatic carbocycles. The smallest absolute Gasteiger partial charge is 0.256 e. The van der Waals surface area contributed by atoms with Crippen LogP contribution in [-0.2, 0) is 9.84 Å². The van der Waals surface area contributed by atoms with Gasteiger partial charge in [0, 0.05) is 6.92 Å². The lowest BCUT2D eigenvalue weighted by Gasteiger charge is -2.26. The highest BCUT2D eigenvalue weighted by atomic mass is 32.2. The average Bonchev–Trinajstić information content (AvgIpc) is 1.85. The Morgan fingerprint density at radius 2 is 1.50 bits per heavy atom. The van der Waals surface area contributed by atoms with Crippen molar-refractivity contribution in [1.29, 1.82) is 0 Å². The predicted octanol–water partition coefficient (Wildman–Crippen LogP) is 1.83. The Morgan fingerprint density at radius 1 is 1.17 bits per heavy atom. The summed E-state index contributed by atoms with van der Waals surface area (Å²) >= 11 is 0. The lowest BCUT2D eigenvalue weighted by Crippen LogP contribution is -2.44. The monoisotopic (exact) mass is 207 g/mol. The SMILES string of the molecule is C[CH-]S(=O)(=O)C(F)(F)C(C)(F)F. The summed E-state index contributed by atoms with van der Waals surface area (Å²) in [5.41, 5.74) is 0. The zero-order valence-electron chi connectivity index (χ0n) is 6.31. The van der Waals surface area contributed by atoms with E-state index in [1.165, 1.54) is 0 Å². The quantitative estimate of drug-likeness (QED) is 0.522. The maximum absolute atomic E-state index is 12.3. The number of rotatable bonds is 3. The molecule has 0 heterocycles. The van der Waals surface area contributed by atoms with Crippen LogP contribution in [0, 0.1) is 5.75 Å². The van der Waals surface area contributed by atoms with Gasteiger partial charge < -0.3 is 0 Å². The van der Waals surface area contributed by atoms with Gasteiger partial charge in [-0.2, -0.15) is 24.5 Å². The minimum Gasteiger partial charge on any atom is -0.256 e. The van der Waals surface area contributed by atoms with Gasteiger partial charge in [0.25, 0.3) is 0 Å². The van der Waals surface area contributed by atoms with E-state index in [0.717, 1.165) is 6.92 Å². The summed E-state index contributed by atoms with van der Waals surface area (Å²) in [6, 6.07) is 0. The van der Waals surface area contributed by atoms with E-state index in [0.29, 0.717) is 0 Å². The second-order valence-corrected chi connectivity index (χ2v) is 4.26. The van der Waals surface area contributed by atoms with E-state index in [4.69, 9.17) is 0 Å². The Hall–Kier alpha value is -0.330. The summed E-state index contributed by atoms with van der Waals surface area (Å²) in [7, 11) is -5.16. The van der Waals surface area contributed by atoms with Crippen LogP contribution in [0.1, 0.15) is 13.8 Å². The predicted molar refractivity (Wildman–Crippen MR) is 34.5 cm³/mol. The Balaban J connectivity index is 5.14. The first-order valence-electron chi connectivity index (χ1n) is 2.86. The van der Waals surface area contributed by atoms with E-state index >= 15 is 0 Å². The molecule has 0 spiro atoms. The average molecular weight is 207 g/mol. The van der Waals surface area contributed by atoms with Crippen molar-refractivity contribution in [2.45, 2.75) is 25.0 Å². The van der Waals surface area contributed by atoms with Crippen molar-refractivity contribution in [1.82, 2.24) is 0 Å². The van der Waals surface area contributed by atoms with Crippen molar-refractivity contribution in [3.8, 4) is 0 Å². The minimum atomic E-state index is -5.16. The van der Waals surface area contributed by atoms with Crippen molar-refractivity contribution < 1.29 is 26.0 Å². The molecule has 0 aromatic rings. The largest absolute Gasteiger partial charge is 0.380 e. The van der Waals surface area contributed by atoms with Crippen molar-refractivity contribution in [2.24, 2.45) is 0 Å². The molecule has 0 bridgehead atoms. The number of alkyl halides is 4. The van der Waals surface area contributed by atoms with Crippen LogP contribution in [0.15, 0.2) is 0 Å². The molecule has 0 saturated carbocycles. The van der Waals surface area contributed by atoms with Gasteiger partial charge >= 0.3 is 11.2 Å². The second-order valence-electron chi connectivity index (χ2n) is 2.19. The molecular weight excluding hydrogens is 200 g/mol. The first-order chi connectivity index (χ1) is 5.06. The lowest BCUT2D eigenvalue weighted by molar-refractivity contribution is -0.143. The van der Waals surface area contributed by atoms with Crippen molar-refractivity contribution in [3.63, 3.8) is 0 Å². The van der Waals surface area contributed by atoms with Crippen LogP contribution in [0.3, 0.4) is 0 Å². The standard InChI is InChI=1S/C5H7F4O2S/c1-3-12(10,11)5(8,9)4(2,6)7/h3H,1-2H3/q-1. The molecule has 0 amide bonds. The van der Waals surface area contributed by atoms with Gasteiger partial charge in [-0.3, -0.25) is 8.42 Å². The second kappa shape index (κ2) is 2.86. The van der Waals surface area contributed by atoms with E-state index in [9.17, 15) is 26.0 Å². The molecule has 12 heavy (non-hydrogen) atoms. The third-order valence-corrected chi connectivity index (χ3v) is 2.87. The zero-order chi connectivity index (χ0) is 10.2. The molecule has 0 aliphatic rings. The molecule has 2 nitrogen and oxygen atoms in total. The van der Waals surface area contributed by atoms with E-state index < -0.39 is 21.0 Å². The molecule has 0 fully saturated rings. The minimum absolute atomic E-state index is 0.0599.